The van der Waals surface area contributed by atoms with Gasteiger partial charge in [-0.25, -0.2) is 12.8 Å². The molecule has 4 nitrogen and oxygen atoms in total. The molecule has 0 saturated heterocycles. The number of rotatable bonds is 4. The smallest absolute Gasteiger partial charge is 0.244 e. The summed E-state index contributed by atoms with van der Waals surface area (Å²) in [6, 6.07) is 3.14. The Hall–Kier alpha value is -1.42. The van der Waals surface area contributed by atoms with Crippen molar-refractivity contribution in [2.24, 2.45) is 5.92 Å². The maximum Gasteiger partial charge on any atom is 0.244 e. The number of hydrogen-bond donors (Lipinski definition) is 1. The maximum absolute atomic E-state index is 13.3. The van der Waals surface area contributed by atoms with Crippen LogP contribution in [0.1, 0.15) is 26.3 Å². The van der Waals surface area contributed by atoms with Gasteiger partial charge in [-0.05, 0) is 31.0 Å². The second-order valence-corrected chi connectivity index (χ2v) is 7.07. The third-order valence-corrected chi connectivity index (χ3v) is 5.44. The lowest BCUT2D eigenvalue weighted by molar-refractivity contribution is 0.315. The van der Waals surface area contributed by atoms with Crippen LogP contribution in [0.4, 0.5) is 4.39 Å². The van der Waals surface area contributed by atoms with Crippen LogP contribution >= 0.6 is 0 Å². The molecule has 0 aliphatic heterocycles. The molecule has 1 aromatic rings. The van der Waals surface area contributed by atoms with Gasteiger partial charge in [-0.1, -0.05) is 25.7 Å². The lowest BCUT2D eigenvalue weighted by Gasteiger charge is -2.27. The molecule has 0 aromatic heterocycles. The SMILES string of the molecule is CC(C)C(C)N(C)S(=O)(=O)c1ccc(F)cc1C#CCO. The fourth-order valence-corrected chi connectivity index (χ4v) is 3.37. The molecule has 0 aliphatic rings. The second kappa shape index (κ2) is 7.03. The monoisotopic (exact) mass is 313 g/mol. The Morgan fingerprint density at radius 2 is 1.95 bits per heavy atom. The topological polar surface area (TPSA) is 57.6 Å². The van der Waals surface area contributed by atoms with E-state index in [-0.39, 0.29) is 22.4 Å². The summed E-state index contributed by atoms with van der Waals surface area (Å²) in [4.78, 5) is -0.0557. The summed E-state index contributed by atoms with van der Waals surface area (Å²) in [7, 11) is -2.29. The fourth-order valence-electron chi connectivity index (χ4n) is 1.75. The number of benzene rings is 1. The highest BCUT2D eigenvalue weighted by Crippen LogP contribution is 2.23. The van der Waals surface area contributed by atoms with E-state index in [0.717, 1.165) is 12.1 Å². The lowest BCUT2D eigenvalue weighted by Crippen LogP contribution is -2.38. The Labute approximate surface area is 125 Å². The Balaban J connectivity index is 3.38. The highest BCUT2D eigenvalue weighted by Gasteiger charge is 2.28. The van der Waals surface area contributed by atoms with E-state index >= 15 is 0 Å². The third-order valence-electron chi connectivity index (χ3n) is 3.44. The average Bonchev–Trinajstić information content (AvgIpc) is 2.42. The minimum atomic E-state index is -3.78. The molecule has 1 unspecified atom stereocenters. The Bertz CT molecular complexity index is 659. The first-order valence-electron chi connectivity index (χ1n) is 6.59. The van der Waals surface area contributed by atoms with Crippen LogP contribution in [0, 0.1) is 23.6 Å². The van der Waals surface area contributed by atoms with Crippen molar-refractivity contribution in [2.75, 3.05) is 13.7 Å². The summed E-state index contributed by atoms with van der Waals surface area (Å²) in [5, 5.41) is 8.73. The first kappa shape index (κ1) is 17.6. The number of hydrogen-bond acceptors (Lipinski definition) is 3. The summed E-state index contributed by atoms with van der Waals surface area (Å²) < 4.78 is 39.9. The zero-order valence-electron chi connectivity index (χ0n) is 12.6. The summed E-state index contributed by atoms with van der Waals surface area (Å²) >= 11 is 0. The van der Waals surface area contributed by atoms with Crippen molar-refractivity contribution in [1.82, 2.24) is 4.31 Å². The summed E-state index contributed by atoms with van der Waals surface area (Å²) in [6.07, 6.45) is 0. The molecule has 0 spiro atoms. The van der Waals surface area contributed by atoms with Crippen LogP contribution in [0.3, 0.4) is 0 Å². The van der Waals surface area contributed by atoms with E-state index in [1.54, 1.807) is 0 Å². The van der Waals surface area contributed by atoms with Gasteiger partial charge in [0.1, 0.15) is 12.4 Å². The molecular formula is C15H20FNO3S. The standard InChI is InChI=1S/C15H20FNO3S/c1-11(2)12(3)17(4)21(19,20)15-8-7-14(16)10-13(15)6-5-9-18/h7-8,10-12,18H,9H2,1-4H3. The number of nitrogens with zero attached hydrogens (tertiary/aromatic N) is 1. The first-order chi connectivity index (χ1) is 9.71. The molecule has 0 fully saturated rings. The first-order valence-corrected chi connectivity index (χ1v) is 8.03. The minimum absolute atomic E-state index is 0.0480. The molecule has 116 valence electrons. The normalized spacial score (nSPS) is 13.1. The van der Waals surface area contributed by atoms with Crippen LogP contribution in [-0.4, -0.2) is 37.5 Å². The van der Waals surface area contributed by atoms with E-state index in [1.807, 2.05) is 20.8 Å². The predicted molar refractivity (Wildman–Crippen MR) is 79.6 cm³/mol. The van der Waals surface area contributed by atoms with Crippen molar-refractivity contribution in [3.8, 4) is 11.8 Å². The fraction of sp³-hybridized carbons (Fsp3) is 0.467. The van der Waals surface area contributed by atoms with Gasteiger partial charge in [-0.2, -0.15) is 4.31 Å². The maximum atomic E-state index is 13.3. The molecule has 1 atom stereocenters. The van der Waals surface area contributed by atoms with Crippen molar-refractivity contribution in [3.05, 3.63) is 29.6 Å². The van der Waals surface area contributed by atoms with Gasteiger partial charge >= 0.3 is 0 Å². The third kappa shape index (κ3) is 4.03. The van der Waals surface area contributed by atoms with Crippen LogP contribution in [-0.2, 0) is 10.0 Å². The highest BCUT2D eigenvalue weighted by molar-refractivity contribution is 7.89. The van der Waals surface area contributed by atoms with Crippen molar-refractivity contribution in [1.29, 1.82) is 0 Å². The largest absolute Gasteiger partial charge is 0.384 e. The van der Waals surface area contributed by atoms with Gasteiger partial charge in [0.2, 0.25) is 10.0 Å². The highest BCUT2D eigenvalue weighted by atomic mass is 32.2. The molecule has 0 bridgehead atoms. The number of aliphatic hydroxyl groups excluding tert-OH is 1. The van der Waals surface area contributed by atoms with Gasteiger partial charge < -0.3 is 5.11 Å². The molecule has 1 aromatic carbocycles. The second-order valence-electron chi connectivity index (χ2n) is 5.11. The van der Waals surface area contributed by atoms with Crippen molar-refractivity contribution in [2.45, 2.75) is 31.7 Å². The molecular weight excluding hydrogens is 293 g/mol. The van der Waals surface area contributed by atoms with E-state index in [0.29, 0.717) is 0 Å². The number of halogens is 1. The average molecular weight is 313 g/mol. The minimum Gasteiger partial charge on any atom is -0.384 e. The Kier molecular flexibility index (Phi) is 5.90. The van der Waals surface area contributed by atoms with Crippen LogP contribution < -0.4 is 0 Å². The van der Waals surface area contributed by atoms with Crippen LogP contribution in [0.2, 0.25) is 0 Å². The molecule has 0 amide bonds. The zero-order chi connectivity index (χ0) is 16.2. The Morgan fingerprint density at radius 1 is 1.33 bits per heavy atom. The molecule has 6 heteroatoms. The number of sulfonamides is 1. The van der Waals surface area contributed by atoms with Gasteiger partial charge in [0.25, 0.3) is 0 Å². The summed E-state index contributed by atoms with van der Waals surface area (Å²) in [5.74, 6) is 4.40. The van der Waals surface area contributed by atoms with Gasteiger partial charge in [-0.3, -0.25) is 0 Å². The van der Waals surface area contributed by atoms with Gasteiger partial charge in [0.15, 0.2) is 0 Å². The molecule has 0 radical (unpaired) electrons. The van der Waals surface area contributed by atoms with E-state index in [2.05, 4.69) is 11.8 Å². The van der Waals surface area contributed by atoms with E-state index in [4.69, 9.17) is 5.11 Å². The molecule has 21 heavy (non-hydrogen) atoms. The molecule has 1 rings (SSSR count). The van der Waals surface area contributed by atoms with E-state index in [9.17, 15) is 12.8 Å². The van der Waals surface area contributed by atoms with Crippen LogP contribution in [0.5, 0.6) is 0 Å². The lowest BCUT2D eigenvalue weighted by atomic mass is 10.1. The van der Waals surface area contributed by atoms with Crippen molar-refractivity contribution in [3.63, 3.8) is 0 Å². The molecule has 0 aliphatic carbocycles. The Morgan fingerprint density at radius 3 is 2.48 bits per heavy atom. The van der Waals surface area contributed by atoms with Crippen molar-refractivity contribution < 1.29 is 17.9 Å². The number of aliphatic hydroxyl groups is 1. The summed E-state index contributed by atoms with van der Waals surface area (Å²) in [6.45, 7) is 5.24. The zero-order valence-corrected chi connectivity index (χ0v) is 13.4. The van der Waals surface area contributed by atoms with Crippen molar-refractivity contribution >= 4 is 10.0 Å². The van der Waals surface area contributed by atoms with Crippen LogP contribution in [0.15, 0.2) is 23.1 Å². The molecule has 0 heterocycles. The molecule has 0 saturated carbocycles. The van der Waals surface area contributed by atoms with Gasteiger partial charge in [-0.15, -0.1) is 0 Å². The predicted octanol–water partition coefficient (Wildman–Crippen LogP) is 1.83. The molecule has 1 N–H and O–H groups in total. The summed E-state index contributed by atoms with van der Waals surface area (Å²) in [5.41, 5.74) is 0.0480. The van der Waals surface area contributed by atoms with Gasteiger partial charge in [0.05, 0.1) is 4.90 Å². The van der Waals surface area contributed by atoms with E-state index in [1.165, 1.54) is 17.4 Å². The quantitative estimate of drug-likeness (QED) is 0.863. The van der Waals surface area contributed by atoms with E-state index < -0.39 is 22.4 Å². The van der Waals surface area contributed by atoms with Crippen LogP contribution in [0.25, 0.3) is 0 Å². The van der Waals surface area contributed by atoms with Gasteiger partial charge in [0, 0.05) is 18.7 Å².